The van der Waals surface area contributed by atoms with Crippen molar-refractivity contribution in [3.8, 4) is 0 Å². The molecule has 1 aromatic carbocycles. The summed E-state index contributed by atoms with van der Waals surface area (Å²) in [6, 6.07) is 7.74. The van der Waals surface area contributed by atoms with Crippen molar-refractivity contribution in [2.24, 2.45) is 0 Å². The van der Waals surface area contributed by atoms with Crippen LogP contribution >= 0.6 is 11.6 Å². The number of amides is 2. The van der Waals surface area contributed by atoms with Gasteiger partial charge in [-0.1, -0.05) is 49.4 Å². The van der Waals surface area contributed by atoms with Gasteiger partial charge in [0.25, 0.3) is 11.8 Å². The van der Waals surface area contributed by atoms with E-state index in [0.29, 0.717) is 31.2 Å². The van der Waals surface area contributed by atoms with E-state index >= 15 is 0 Å². The molecule has 2 aromatic rings. The van der Waals surface area contributed by atoms with Crippen LogP contribution in [0.4, 0.5) is 5.69 Å². The molecule has 188 valence electrons. The van der Waals surface area contributed by atoms with Crippen LogP contribution in [0.5, 0.6) is 0 Å². The molecule has 4 rings (SSSR count). The lowest BCUT2D eigenvalue weighted by molar-refractivity contribution is 0.0744. The summed E-state index contributed by atoms with van der Waals surface area (Å²) >= 11 is 6.34. The number of carbonyl (C=O) groups excluding carboxylic acids is 2. The number of rotatable bonds is 5. The average Bonchev–Trinajstić information content (AvgIpc) is 3.12. The number of hydrogen-bond donors (Lipinski definition) is 1. The van der Waals surface area contributed by atoms with Gasteiger partial charge in [0.15, 0.2) is 0 Å². The molecular formula is C27H35ClN4O3. The van der Waals surface area contributed by atoms with E-state index in [9.17, 15) is 14.4 Å². The van der Waals surface area contributed by atoms with E-state index < -0.39 is 5.43 Å². The Morgan fingerprint density at radius 3 is 2.20 bits per heavy atom. The van der Waals surface area contributed by atoms with Crippen molar-refractivity contribution in [2.75, 3.05) is 31.1 Å². The molecule has 0 atom stereocenters. The van der Waals surface area contributed by atoms with E-state index in [2.05, 4.69) is 10.2 Å². The Hall–Kier alpha value is -2.80. The summed E-state index contributed by atoms with van der Waals surface area (Å²) in [5.41, 5.74) is 0.550. The molecule has 2 heterocycles. The molecule has 7 nitrogen and oxygen atoms in total. The monoisotopic (exact) mass is 498 g/mol. The fourth-order valence-corrected chi connectivity index (χ4v) is 5.18. The van der Waals surface area contributed by atoms with E-state index in [1.807, 2.05) is 38.1 Å². The van der Waals surface area contributed by atoms with Crippen molar-refractivity contribution in [1.82, 2.24) is 14.8 Å². The first-order valence-electron chi connectivity index (χ1n) is 12.7. The zero-order valence-electron chi connectivity index (χ0n) is 20.6. The Balaban J connectivity index is 1.53. The molecule has 1 aliphatic heterocycles. The van der Waals surface area contributed by atoms with Gasteiger partial charge in [-0.15, -0.1) is 0 Å². The van der Waals surface area contributed by atoms with Crippen LogP contribution in [0.25, 0.3) is 0 Å². The molecule has 1 aromatic heterocycles. The maximum absolute atomic E-state index is 13.5. The maximum Gasteiger partial charge on any atom is 0.259 e. The molecule has 1 saturated carbocycles. The van der Waals surface area contributed by atoms with Crippen molar-refractivity contribution >= 4 is 29.1 Å². The second-order valence-electron chi connectivity index (χ2n) is 9.85. The summed E-state index contributed by atoms with van der Waals surface area (Å²) < 4.78 is 1.79. The van der Waals surface area contributed by atoms with Gasteiger partial charge in [-0.2, -0.15) is 0 Å². The minimum absolute atomic E-state index is 0.00338. The van der Waals surface area contributed by atoms with Crippen molar-refractivity contribution in [1.29, 1.82) is 0 Å². The van der Waals surface area contributed by atoms with Crippen molar-refractivity contribution < 1.29 is 9.59 Å². The number of nitrogens with one attached hydrogen (secondary N) is 1. The average molecular weight is 499 g/mol. The molecule has 1 aliphatic carbocycles. The highest BCUT2D eigenvalue weighted by molar-refractivity contribution is 6.33. The minimum atomic E-state index is -0.494. The second kappa shape index (κ2) is 11.3. The van der Waals surface area contributed by atoms with Crippen LogP contribution < -0.4 is 15.6 Å². The van der Waals surface area contributed by atoms with Gasteiger partial charge in [-0.25, -0.2) is 0 Å². The first-order valence-corrected chi connectivity index (χ1v) is 13.1. The number of para-hydroxylation sites is 1. The number of halogens is 1. The van der Waals surface area contributed by atoms with Gasteiger partial charge in [-0.3, -0.25) is 14.4 Å². The van der Waals surface area contributed by atoms with Gasteiger partial charge >= 0.3 is 0 Å². The van der Waals surface area contributed by atoms with Crippen LogP contribution in [-0.4, -0.2) is 53.5 Å². The zero-order valence-corrected chi connectivity index (χ0v) is 21.4. The Morgan fingerprint density at radius 1 is 0.943 bits per heavy atom. The molecule has 1 saturated heterocycles. The molecular weight excluding hydrogens is 464 g/mol. The van der Waals surface area contributed by atoms with Crippen molar-refractivity contribution in [3.63, 3.8) is 0 Å². The standard InChI is InChI=1S/C27H35ClN4O3/c1-19(2)32-17-21(26(34)29-20-9-5-3-4-6-10-20)25(33)22(18-32)27(35)31-15-13-30(14-16-31)24-12-8-7-11-23(24)28/h7-8,11-12,17-20H,3-6,9-10,13-16H2,1-2H3,(H,29,34). The van der Waals surface area contributed by atoms with E-state index in [0.717, 1.165) is 31.4 Å². The summed E-state index contributed by atoms with van der Waals surface area (Å²) in [4.78, 5) is 43.8. The third-order valence-electron chi connectivity index (χ3n) is 7.07. The molecule has 2 amide bonds. The topological polar surface area (TPSA) is 74.6 Å². The molecule has 0 radical (unpaired) electrons. The Labute approximate surface area is 212 Å². The van der Waals surface area contributed by atoms with E-state index in [-0.39, 0.29) is 35.0 Å². The van der Waals surface area contributed by atoms with Gasteiger partial charge in [0.1, 0.15) is 11.1 Å². The number of nitrogens with zero attached hydrogens (tertiary/aromatic N) is 3. The molecule has 35 heavy (non-hydrogen) atoms. The van der Waals surface area contributed by atoms with Crippen molar-refractivity contribution in [2.45, 2.75) is 64.5 Å². The largest absolute Gasteiger partial charge is 0.367 e. The lowest BCUT2D eigenvalue weighted by atomic mass is 10.1. The first kappa shape index (κ1) is 25.3. The molecule has 1 N–H and O–H groups in total. The maximum atomic E-state index is 13.5. The molecule has 2 fully saturated rings. The highest BCUT2D eigenvalue weighted by atomic mass is 35.5. The van der Waals surface area contributed by atoms with Crippen molar-refractivity contribution in [3.05, 3.63) is 63.0 Å². The lowest BCUT2D eigenvalue weighted by Gasteiger charge is -2.36. The van der Waals surface area contributed by atoms with E-state index in [4.69, 9.17) is 11.6 Å². The fraction of sp³-hybridized carbons (Fsp3) is 0.519. The smallest absolute Gasteiger partial charge is 0.259 e. The second-order valence-corrected chi connectivity index (χ2v) is 10.3. The lowest BCUT2D eigenvalue weighted by Crippen LogP contribution is -2.50. The SMILES string of the molecule is CC(C)n1cc(C(=O)NC2CCCCCC2)c(=O)c(C(=O)N2CCN(c3ccccc3Cl)CC2)c1. The van der Waals surface area contributed by atoms with E-state index in [1.54, 1.807) is 21.9 Å². The molecule has 0 unspecified atom stereocenters. The van der Waals surface area contributed by atoms with Gasteiger partial charge in [0.05, 0.1) is 10.7 Å². The van der Waals surface area contributed by atoms with Crippen LogP contribution in [-0.2, 0) is 0 Å². The minimum Gasteiger partial charge on any atom is -0.367 e. The first-order chi connectivity index (χ1) is 16.8. The summed E-state index contributed by atoms with van der Waals surface area (Å²) in [5.74, 6) is -0.707. The summed E-state index contributed by atoms with van der Waals surface area (Å²) in [7, 11) is 0. The third kappa shape index (κ3) is 5.89. The summed E-state index contributed by atoms with van der Waals surface area (Å²) in [5, 5.41) is 3.74. The number of benzene rings is 1. The summed E-state index contributed by atoms with van der Waals surface area (Å²) in [6.45, 7) is 6.13. The highest BCUT2D eigenvalue weighted by Crippen LogP contribution is 2.26. The molecule has 2 aliphatic rings. The predicted molar refractivity (Wildman–Crippen MR) is 140 cm³/mol. The quantitative estimate of drug-likeness (QED) is 0.616. The predicted octanol–water partition coefficient (Wildman–Crippen LogP) is 4.50. The number of carbonyl (C=O) groups is 2. The molecule has 0 bridgehead atoms. The van der Waals surface area contributed by atoms with Crippen LogP contribution in [0, 0.1) is 0 Å². The van der Waals surface area contributed by atoms with Crippen LogP contribution in [0.1, 0.15) is 79.1 Å². The Morgan fingerprint density at radius 2 is 1.57 bits per heavy atom. The number of hydrogen-bond acceptors (Lipinski definition) is 4. The molecule has 8 heteroatoms. The third-order valence-corrected chi connectivity index (χ3v) is 7.39. The van der Waals surface area contributed by atoms with Gasteiger partial charge in [-0.05, 0) is 38.8 Å². The van der Waals surface area contributed by atoms with Gasteiger partial charge in [0, 0.05) is 50.7 Å². The van der Waals surface area contributed by atoms with Crippen LogP contribution in [0.15, 0.2) is 41.5 Å². The van der Waals surface area contributed by atoms with Crippen LogP contribution in [0.2, 0.25) is 5.02 Å². The van der Waals surface area contributed by atoms with Crippen LogP contribution in [0.3, 0.4) is 0 Å². The molecule has 0 spiro atoms. The normalized spacial score (nSPS) is 17.4. The van der Waals surface area contributed by atoms with Gasteiger partial charge < -0.3 is 19.7 Å². The van der Waals surface area contributed by atoms with E-state index in [1.165, 1.54) is 12.8 Å². The summed E-state index contributed by atoms with van der Waals surface area (Å²) in [6.07, 6.45) is 9.57. The number of anilines is 1. The van der Waals surface area contributed by atoms with Gasteiger partial charge in [0.2, 0.25) is 5.43 Å². The fourth-order valence-electron chi connectivity index (χ4n) is 4.93. The Kier molecular flexibility index (Phi) is 8.16. The number of aromatic nitrogens is 1. The Bertz CT molecular complexity index is 1110. The zero-order chi connectivity index (χ0) is 24.9. The number of piperazine rings is 1. The number of pyridine rings is 1. The highest BCUT2D eigenvalue weighted by Gasteiger charge is 2.28.